The fourth-order valence-electron chi connectivity index (χ4n) is 2.71. The first-order valence-corrected chi connectivity index (χ1v) is 7.99. The largest absolute Gasteiger partial charge is 0.396 e. The number of halogens is 2. The summed E-state index contributed by atoms with van der Waals surface area (Å²) in [5.74, 6) is -0.677. The van der Waals surface area contributed by atoms with Crippen molar-refractivity contribution in [2.45, 2.75) is 31.7 Å². The van der Waals surface area contributed by atoms with E-state index in [1.54, 1.807) is 12.1 Å². The molecule has 1 aliphatic heterocycles. The fraction of sp³-hybridized carbons (Fsp3) is 0.533. The van der Waals surface area contributed by atoms with Crippen LogP contribution in [0.1, 0.15) is 25.7 Å². The second kappa shape index (κ2) is 7.87. The monoisotopic (exact) mass is 358 g/mol. The van der Waals surface area contributed by atoms with Gasteiger partial charge in [-0.3, -0.25) is 9.69 Å². The third kappa shape index (κ3) is 4.76. The molecule has 0 aromatic heterocycles. The minimum Gasteiger partial charge on any atom is -0.396 e. The lowest BCUT2D eigenvalue weighted by molar-refractivity contribution is -0.118. The number of piperidine rings is 1. The van der Waals surface area contributed by atoms with Crippen LogP contribution in [0.15, 0.2) is 22.7 Å². The lowest BCUT2D eigenvalue weighted by atomic mass is 10.00. The van der Waals surface area contributed by atoms with E-state index in [1.165, 1.54) is 6.07 Å². The second-order valence-electron chi connectivity index (χ2n) is 5.30. The van der Waals surface area contributed by atoms with E-state index in [2.05, 4.69) is 26.1 Å². The van der Waals surface area contributed by atoms with Crippen LogP contribution in [0.2, 0.25) is 0 Å². The minimum absolute atomic E-state index is 0.129. The van der Waals surface area contributed by atoms with Crippen molar-refractivity contribution in [2.75, 3.05) is 25.0 Å². The molecule has 0 aliphatic carbocycles. The number of nitrogens with one attached hydrogen (secondary N) is 1. The van der Waals surface area contributed by atoms with E-state index < -0.39 is 5.82 Å². The molecule has 2 N–H and O–H groups in total. The third-order valence-electron chi connectivity index (χ3n) is 3.76. The summed E-state index contributed by atoms with van der Waals surface area (Å²) in [6.07, 6.45) is 3.87. The standard InChI is InChI=1S/C15H20BrFN2O2/c16-11-4-5-14(13(17)9-11)18-15(21)10-19-7-2-1-3-12(19)6-8-20/h4-5,9,12,20H,1-3,6-8,10H2,(H,18,21). The molecule has 6 heteroatoms. The zero-order chi connectivity index (χ0) is 15.2. The second-order valence-corrected chi connectivity index (χ2v) is 6.22. The molecule has 1 heterocycles. The normalized spacial score (nSPS) is 19.5. The van der Waals surface area contributed by atoms with Crippen molar-refractivity contribution in [3.8, 4) is 0 Å². The molecule has 1 atom stereocenters. The zero-order valence-electron chi connectivity index (χ0n) is 11.8. The van der Waals surface area contributed by atoms with E-state index in [-0.39, 0.29) is 30.8 Å². The van der Waals surface area contributed by atoms with Gasteiger partial charge in [0.15, 0.2) is 0 Å². The number of aliphatic hydroxyl groups excluding tert-OH is 1. The summed E-state index contributed by atoms with van der Waals surface area (Å²) >= 11 is 3.18. The van der Waals surface area contributed by atoms with Crippen molar-refractivity contribution < 1.29 is 14.3 Å². The molecule has 2 rings (SSSR count). The Morgan fingerprint density at radius 1 is 1.48 bits per heavy atom. The number of nitrogens with zero attached hydrogens (tertiary/aromatic N) is 1. The van der Waals surface area contributed by atoms with Gasteiger partial charge in [0, 0.05) is 17.1 Å². The van der Waals surface area contributed by atoms with Gasteiger partial charge in [0.25, 0.3) is 0 Å². The summed E-state index contributed by atoms with van der Waals surface area (Å²) in [5.41, 5.74) is 0.193. The molecule has 1 aliphatic rings. The van der Waals surface area contributed by atoms with Crippen molar-refractivity contribution in [1.82, 2.24) is 4.90 Å². The Morgan fingerprint density at radius 3 is 3.00 bits per heavy atom. The van der Waals surface area contributed by atoms with Crippen LogP contribution in [0.5, 0.6) is 0 Å². The number of anilines is 1. The maximum atomic E-state index is 13.7. The summed E-state index contributed by atoms with van der Waals surface area (Å²) in [4.78, 5) is 14.1. The predicted octanol–water partition coefficient (Wildman–Crippen LogP) is 2.76. The Morgan fingerprint density at radius 2 is 2.29 bits per heavy atom. The summed E-state index contributed by atoms with van der Waals surface area (Å²) in [6, 6.07) is 4.79. The Bertz CT molecular complexity index is 497. The van der Waals surface area contributed by atoms with Crippen molar-refractivity contribution in [3.05, 3.63) is 28.5 Å². The number of carbonyl (C=O) groups is 1. The molecule has 0 saturated carbocycles. The maximum Gasteiger partial charge on any atom is 0.238 e. The fourth-order valence-corrected chi connectivity index (χ4v) is 3.04. The Hall–Kier alpha value is -0.980. The summed E-state index contributed by atoms with van der Waals surface area (Å²) in [5, 5.41) is 11.7. The van der Waals surface area contributed by atoms with E-state index in [0.717, 1.165) is 25.8 Å². The van der Waals surface area contributed by atoms with Crippen LogP contribution in [0.25, 0.3) is 0 Å². The lowest BCUT2D eigenvalue weighted by Gasteiger charge is -2.34. The molecule has 1 saturated heterocycles. The Kier molecular flexibility index (Phi) is 6.14. The van der Waals surface area contributed by atoms with Crippen molar-refractivity contribution in [2.24, 2.45) is 0 Å². The van der Waals surface area contributed by atoms with Crippen LogP contribution >= 0.6 is 15.9 Å². The molecule has 1 aromatic carbocycles. The number of amides is 1. The summed E-state index contributed by atoms with van der Waals surface area (Å²) in [7, 11) is 0. The van der Waals surface area contributed by atoms with Crippen LogP contribution in [-0.4, -0.2) is 41.7 Å². The highest BCUT2D eigenvalue weighted by Crippen LogP contribution is 2.21. The lowest BCUT2D eigenvalue weighted by Crippen LogP contribution is -2.44. The average Bonchev–Trinajstić information content (AvgIpc) is 2.44. The number of hydrogen-bond acceptors (Lipinski definition) is 3. The van der Waals surface area contributed by atoms with Gasteiger partial charge in [0.1, 0.15) is 5.82 Å². The van der Waals surface area contributed by atoms with Gasteiger partial charge >= 0.3 is 0 Å². The molecular formula is C15H20BrFN2O2. The number of benzene rings is 1. The zero-order valence-corrected chi connectivity index (χ0v) is 13.4. The van der Waals surface area contributed by atoms with E-state index >= 15 is 0 Å². The van der Waals surface area contributed by atoms with Gasteiger partial charge in [-0.25, -0.2) is 4.39 Å². The highest BCUT2D eigenvalue weighted by molar-refractivity contribution is 9.10. The first kappa shape index (κ1) is 16.4. The number of hydrogen-bond donors (Lipinski definition) is 2. The number of likely N-dealkylation sites (tertiary alicyclic amines) is 1. The molecule has 0 spiro atoms. The van der Waals surface area contributed by atoms with Gasteiger partial charge in [0.05, 0.1) is 12.2 Å². The minimum atomic E-state index is -0.455. The Balaban J connectivity index is 1.93. The van der Waals surface area contributed by atoms with Crippen molar-refractivity contribution in [3.63, 3.8) is 0 Å². The van der Waals surface area contributed by atoms with Crippen LogP contribution < -0.4 is 5.32 Å². The number of rotatable bonds is 5. The third-order valence-corrected chi connectivity index (χ3v) is 4.26. The summed E-state index contributed by atoms with van der Waals surface area (Å²) < 4.78 is 14.3. The molecule has 1 unspecified atom stereocenters. The molecule has 21 heavy (non-hydrogen) atoms. The number of carbonyl (C=O) groups excluding carboxylic acids is 1. The predicted molar refractivity (Wildman–Crippen MR) is 83.6 cm³/mol. The van der Waals surface area contributed by atoms with E-state index in [0.29, 0.717) is 10.9 Å². The van der Waals surface area contributed by atoms with Gasteiger partial charge < -0.3 is 10.4 Å². The SMILES string of the molecule is O=C(CN1CCCCC1CCO)Nc1ccc(Br)cc1F. The number of aliphatic hydroxyl groups is 1. The quantitative estimate of drug-likeness (QED) is 0.850. The highest BCUT2D eigenvalue weighted by atomic mass is 79.9. The van der Waals surface area contributed by atoms with E-state index in [1.807, 2.05) is 0 Å². The first-order chi connectivity index (χ1) is 10.1. The van der Waals surface area contributed by atoms with Crippen LogP contribution in [-0.2, 0) is 4.79 Å². The average molecular weight is 359 g/mol. The first-order valence-electron chi connectivity index (χ1n) is 7.20. The molecule has 0 radical (unpaired) electrons. The molecule has 0 bridgehead atoms. The summed E-state index contributed by atoms with van der Waals surface area (Å²) in [6.45, 7) is 1.21. The smallest absolute Gasteiger partial charge is 0.238 e. The molecule has 116 valence electrons. The highest BCUT2D eigenvalue weighted by Gasteiger charge is 2.23. The van der Waals surface area contributed by atoms with E-state index in [9.17, 15) is 9.18 Å². The van der Waals surface area contributed by atoms with Gasteiger partial charge in [-0.1, -0.05) is 22.4 Å². The van der Waals surface area contributed by atoms with E-state index in [4.69, 9.17) is 5.11 Å². The molecule has 4 nitrogen and oxygen atoms in total. The van der Waals surface area contributed by atoms with Crippen LogP contribution in [0, 0.1) is 5.82 Å². The molecular weight excluding hydrogens is 339 g/mol. The van der Waals surface area contributed by atoms with Crippen LogP contribution in [0.4, 0.5) is 10.1 Å². The van der Waals surface area contributed by atoms with Gasteiger partial charge in [-0.05, 0) is 44.0 Å². The van der Waals surface area contributed by atoms with Gasteiger partial charge in [-0.15, -0.1) is 0 Å². The maximum absolute atomic E-state index is 13.7. The van der Waals surface area contributed by atoms with Gasteiger partial charge in [0.2, 0.25) is 5.91 Å². The van der Waals surface area contributed by atoms with Gasteiger partial charge in [-0.2, -0.15) is 0 Å². The molecule has 1 aromatic rings. The molecule has 1 amide bonds. The van der Waals surface area contributed by atoms with Crippen molar-refractivity contribution in [1.29, 1.82) is 0 Å². The molecule has 1 fully saturated rings. The van der Waals surface area contributed by atoms with Crippen molar-refractivity contribution >= 4 is 27.5 Å². The topological polar surface area (TPSA) is 52.6 Å². The van der Waals surface area contributed by atoms with Crippen LogP contribution in [0.3, 0.4) is 0 Å². The Labute approximate surface area is 132 Å².